The van der Waals surface area contributed by atoms with Crippen molar-refractivity contribution in [2.24, 2.45) is 0 Å². The normalized spacial score (nSPS) is 13.9. The van der Waals surface area contributed by atoms with E-state index in [0.717, 1.165) is 28.9 Å². The summed E-state index contributed by atoms with van der Waals surface area (Å²) in [5.74, 6) is 1.24. The Bertz CT molecular complexity index is 965. The molecule has 1 aliphatic heterocycles. The van der Waals surface area contributed by atoms with Crippen molar-refractivity contribution < 1.29 is 14.3 Å². The number of ether oxygens (including phenoxy) is 2. The molecule has 0 aliphatic carbocycles. The van der Waals surface area contributed by atoms with Crippen molar-refractivity contribution in [3.05, 3.63) is 83.9 Å². The Labute approximate surface area is 176 Å². The Morgan fingerprint density at radius 2 is 1.83 bits per heavy atom. The van der Waals surface area contributed by atoms with Gasteiger partial charge in [-0.3, -0.25) is 14.8 Å². The number of nitrogens with zero attached hydrogens (tertiary/aromatic N) is 3. The van der Waals surface area contributed by atoms with Gasteiger partial charge in [0.25, 0.3) is 5.91 Å². The fourth-order valence-electron chi connectivity index (χ4n) is 3.58. The van der Waals surface area contributed by atoms with Gasteiger partial charge in [0.15, 0.2) is 18.1 Å². The zero-order valence-corrected chi connectivity index (χ0v) is 17.2. The quantitative estimate of drug-likeness (QED) is 0.600. The van der Waals surface area contributed by atoms with Crippen LogP contribution in [0.25, 0.3) is 0 Å². The first-order valence-electron chi connectivity index (χ1n) is 9.99. The molecule has 0 bridgehead atoms. The number of hydrogen-bond donors (Lipinski definition) is 0. The lowest BCUT2D eigenvalue weighted by Gasteiger charge is -2.23. The maximum absolute atomic E-state index is 13.1. The van der Waals surface area contributed by atoms with Crippen LogP contribution >= 0.6 is 0 Å². The zero-order chi connectivity index (χ0) is 21.0. The molecule has 1 aliphatic rings. The first-order chi connectivity index (χ1) is 14.5. The smallest absolute Gasteiger partial charge is 0.261 e. The SMILES string of the molecule is CC1(C)Cc2cccc(OCC(=O)N(Cc3ccncc3)Cc3cccnc3)c2O1. The van der Waals surface area contributed by atoms with Gasteiger partial charge in [-0.15, -0.1) is 0 Å². The van der Waals surface area contributed by atoms with E-state index in [1.807, 2.05) is 56.3 Å². The zero-order valence-electron chi connectivity index (χ0n) is 17.2. The number of rotatable bonds is 7. The molecular formula is C24H25N3O3. The average Bonchev–Trinajstić information content (AvgIpc) is 3.07. The molecule has 3 aromatic rings. The summed E-state index contributed by atoms with van der Waals surface area (Å²) in [5.41, 5.74) is 2.81. The van der Waals surface area contributed by atoms with Crippen LogP contribution in [0.2, 0.25) is 0 Å². The van der Waals surface area contributed by atoms with Gasteiger partial charge in [0.2, 0.25) is 0 Å². The Hall–Kier alpha value is -3.41. The Morgan fingerprint density at radius 1 is 1.03 bits per heavy atom. The van der Waals surface area contributed by atoms with E-state index in [1.54, 1.807) is 29.7 Å². The van der Waals surface area contributed by atoms with Crippen LogP contribution in [-0.2, 0) is 24.3 Å². The molecule has 6 nitrogen and oxygen atoms in total. The molecule has 0 radical (unpaired) electrons. The van der Waals surface area contributed by atoms with Crippen molar-refractivity contribution in [1.29, 1.82) is 0 Å². The van der Waals surface area contributed by atoms with Gasteiger partial charge in [-0.05, 0) is 49.2 Å². The van der Waals surface area contributed by atoms with E-state index in [4.69, 9.17) is 9.47 Å². The van der Waals surface area contributed by atoms with E-state index >= 15 is 0 Å². The van der Waals surface area contributed by atoms with E-state index in [0.29, 0.717) is 18.8 Å². The molecule has 0 spiro atoms. The maximum atomic E-state index is 13.1. The monoisotopic (exact) mass is 403 g/mol. The number of carbonyl (C=O) groups is 1. The number of carbonyl (C=O) groups excluding carboxylic acids is 1. The molecule has 0 saturated heterocycles. The summed E-state index contributed by atoms with van der Waals surface area (Å²) in [7, 11) is 0. The molecule has 1 amide bonds. The molecule has 0 fully saturated rings. The highest BCUT2D eigenvalue weighted by Gasteiger charge is 2.32. The van der Waals surface area contributed by atoms with Crippen LogP contribution in [0.15, 0.2) is 67.3 Å². The minimum absolute atomic E-state index is 0.0639. The molecule has 154 valence electrons. The van der Waals surface area contributed by atoms with Crippen LogP contribution < -0.4 is 9.47 Å². The van der Waals surface area contributed by atoms with Gasteiger partial charge >= 0.3 is 0 Å². The van der Waals surface area contributed by atoms with Gasteiger partial charge in [-0.1, -0.05) is 18.2 Å². The van der Waals surface area contributed by atoms with Gasteiger partial charge in [0, 0.05) is 49.9 Å². The van der Waals surface area contributed by atoms with E-state index in [1.165, 1.54) is 0 Å². The van der Waals surface area contributed by atoms with Gasteiger partial charge in [0.05, 0.1) is 0 Å². The first-order valence-corrected chi connectivity index (χ1v) is 9.99. The topological polar surface area (TPSA) is 64.5 Å². The summed E-state index contributed by atoms with van der Waals surface area (Å²) < 4.78 is 12.0. The molecule has 30 heavy (non-hydrogen) atoms. The second kappa shape index (κ2) is 8.53. The number of fused-ring (bicyclic) bond motifs is 1. The van der Waals surface area contributed by atoms with Gasteiger partial charge in [-0.25, -0.2) is 0 Å². The van der Waals surface area contributed by atoms with Gasteiger partial charge < -0.3 is 14.4 Å². The maximum Gasteiger partial charge on any atom is 0.261 e. The number of pyridine rings is 2. The third kappa shape index (κ3) is 4.76. The number of para-hydroxylation sites is 1. The Balaban J connectivity index is 1.48. The number of benzene rings is 1. The lowest BCUT2D eigenvalue weighted by molar-refractivity contribution is -0.134. The van der Waals surface area contributed by atoms with Gasteiger partial charge in [0.1, 0.15) is 5.60 Å². The summed E-state index contributed by atoms with van der Waals surface area (Å²) in [6, 6.07) is 13.5. The fourth-order valence-corrected chi connectivity index (χ4v) is 3.58. The van der Waals surface area contributed by atoms with Crippen LogP contribution in [-0.4, -0.2) is 33.0 Å². The second-order valence-corrected chi connectivity index (χ2v) is 8.04. The third-order valence-electron chi connectivity index (χ3n) is 4.98. The molecule has 3 heterocycles. The first kappa shape index (κ1) is 19.9. The standard InChI is InChI=1S/C24H25N3O3/c1-24(2)13-20-6-3-7-21(23(20)30-24)29-17-22(28)27(15-18-8-11-25-12-9-18)16-19-5-4-10-26-14-19/h3-12,14H,13,15-17H2,1-2H3. The predicted octanol–water partition coefficient (Wildman–Crippen LogP) is 3.80. The third-order valence-corrected chi connectivity index (χ3v) is 4.98. The predicted molar refractivity (Wildman–Crippen MR) is 113 cm³/mol. The summed E-state index contributed by atoms with van der Waals surface area (Å²) in [6.07, 6.45) is 7.77. The summed E-state index contributed by atoms with van der Waals surface area (Å²) >= 11 is 0. The molecule has 0 N–H and O–H groups in total. The highest BCUT2D eigenvalue weighted by Crippen LogP contribution is 2.41. The number of aromatic nitrogens is 2. The van der Waals surface area contributed by atoms with Crippen LogP contribution in [0, 0.1) is 0 Å². The Morgan fingerprint density at radius 3 is 2.60 bits per heavy atom. The summed E-state index contributed by atoms with van der Waals surface area (Å²) in [4.78, 5) is 23.0. The largest absolute Gasteiger partial charge is 0.483 e. The van der Waals surface area contributed by atoms with Crippen LogP contribution in [0.5, 0.6) is 11.5 Å². The van der Waals surface area contributed by atoms with Crippen LogP contribution in [0.1, 0.15) is 30.5 Å². The number of hydrogen-bond acceptors (Lipinski definition) is 5. The van der Waals surface area contributed by atoms with Crippen molar-refractivity contribution in [3.8, 4) is 11.5 Å². The van der Waals surface area contributed by atoms with Crippen molar-refractivity contribution >= 4 is 5.91 Å². The highest BCUT2D eigenvalue weighted by molar-refractivity contribution is 5.78. The van der Waals surface area contributed by atoms with Gasteiger partial charge in [-0.2, -0.15) is 0 Å². The molecule has 0 atom stereocenters. The van der Waals surface area contributed by atoms with Crippen molar-refractivity contribution in [2.45, 2.75) is 39.0 Å². The molecular weight excluding hydrogens is 378 g/mol. The molecule has 6 heteroatoms. The van der Waals surface area contributed by atoms with Crippen molar-refractivity contribution in [2.75, 3.05) is 6.61 Å². The molecule has 4 rings (SSSR count). The lowest BCUT2D eigenvalue weighted by Crippen LogP contribution is -2.34. The summed E-state index contributed by atoms with van der Waals surface area (Å²) in [5, 5.41) is 0. The fraction of sp³-hybridized carbons (Fsp3) is 0.292. The van der Waals surface area contributed by atoms with E-state index in [2.05, 4.69) is 9.97 Å². The molecule has 2 aromatic heterocycles. The highest BCUT2D eigenvalue weighted by atomic mass is 16.5. The summed E-state index contributed by atoms with van der Waals surface area (Å²) in [6.45, 7) is 4.95. The van der Waals surface area contributed by atoms with E-state index < -0.39 is 0 Å². The lowest BCUT2D eigenvalue weighted by atomic mass is 10.0. The van der Waals surface area contributed by atoms with Crippen LogP contribution in [0.4, 0.5) is 0 Å². The van der Waals surface area contributed by atoms with Crippen molar-refractivity contribution in [1.82, 2.24) is 14.9 Å². The second-order valence-electron chi connectivity index (χ2n) is 8.04. The minimum atomic E-state index is -0.264. The Kier molecular flexibility index (Phi) is 5.65. The molecule has 0 saturated carbocycles. The molecule has 0 unspecified atom stereocenters. The average molecular weight is 403 g/mol. The molecule has 1 aromatic carbocycles. The minimum Gasteiger partial charge on any atom is -0.483 e. The van der Waals surface area contributed by atoms with E-state index in [-0.39, 0.29) is 18.1 Å². The van der Waals surface area contributed by atoms with Crippen molar-refractivity contribution in [3.63, 3.8) is 0 Å². The number of amides is 1. The van der Waals surface area contributed by atoms with Crippen LogP contribution in [0.3, 0.4) is 0 Å². The van der Waals surface area contributed by atoms with E-state index in [9.17, 15) is 4.79 Å².